The molecule has 0 spiro atoms. The summed E-state index contributed by atoms with van der Waals surface area (Å²) in [5, 5.41) is 15.7. The number of carbonyl (C=O) groups is 1. The van der Waals surface area contributed by atoms with Crippen LogP contribution >= 0.6 is 22.6 Å². The normalized spacial score (nSPS) is 10.7. The fourth-order valence-electron chi connectivity index (χ4n) is 3.02. The average molecular weight is 545 g/mol. The van der Waals surface area contributed by atoms with E-state index in [0.717, 1.165) is 9.13 Å². The molecule has 0 aliphatic heterocycles. The standard InChI is InChI=1S/C22H20IN5O4/c1-30-16-7-8-17(18(13-16)31-2)21-26-25-19-9-10-20(27-28(19)21)32-12-11-24-22(29)14-3-5-15(23)6-4-14/h3-10,13H,11-12H2,1-2H3,(H,24,29). The van der Waals surface area contributed by atoms with Crippen LogP contribution in [0.15, 0.2) is 54.6 Å². The molecule has 164 valence electrons. The van der Waals surface area contributed by atoms with E-state index in [0.29, 0.717) is 41.0 Å². The quantitative estimate of drug-likeness (QED) is 0.268. The van der Waals surface area contributed by atoms with Crippen molar-refractivity contribution < 1.29 is 19.0 Å². The molecule has 0 radical (unpaired) electrons. The number of nitrogens with zero attached hydrogens (tertiary/aromatic N) is 4. The maximum atomic E-state index is 12.2. The van der Waals surface area contributed by atoms with Crippen LogP contribution < -0.4 is 19.5 Å². The summed E-state index contributed by atoms with van der Waals surface area (Å²) in [5.41, 5.74) is 1.89. The number of amides is 1. The first-order valence-corrected chi connectivity index (χ1v) is 10.8. The van der Waals surface area contributed by atoms with Crippen molar-refractivity contribution in [3.8, 4) is 28.8 Å². The van der Waals surface area contributed by atoms with Crippen molar-refractivity contribution >= 4 is 34.1 Å². The first-order valence-electron chi connectivity index (χ1n) is 9.70. The Labute approximate surface area is 197 Å². The summed E-state index contributed by atoms with van der Waals surface area (Å²) in [5.74, 6) is 2.00. The van der Waals surface area contributed by atoms with Crippen molar-refractivity contribution in [1.29, 1.82) is 0 Å². The van der Waals surface area contributed by atoms with Crippen LogP contribution in [0.25, 0.3) is 17.0 Å². The Morgan fingerprint density at radius 2 is 1.84 bits per heavy atom. The van der Waals surface area contributed by atoms with Gasteiger partial charge in [-0.25, -0.2) is 0 Å². The molecule has 2 heterocycles. The lowest BCUT2D eigenvalue weighted by atomic mass is 10.2. The van der Waals surface area contributed by atoms with E-state index in [9.17, 15) is 4.79 Å². The van der Waals surface area contributed by atoms with Gasteiger partial charge in [0.25, 0.3) is 5.91 Å². The van der Waals surface area contributed by atoms with Crippen LogP contribution in [0.4, 0.5) is 0 Å². The van der Waals surface area contributed by atoms with Crippen LogP contribution in [0.3, 0.4) is 0 Å². The second-order valence-electron chi connectivity index (χ2n) is 6.64. The van der Waals surface area contributed by atoms with Gasteiger partial charge in [-0.3, -0.25) is 4.79 Å². The van der Waals surface area contributed by atoms with E-state index in [1.165, 1.54) is 0 Å². The minimum absolute atomic E-state index is 0.152. The molecule has 0 fully saturated rings. The Morgan fingerprint density at radius 1 is 1.03 bits per heavy atom. The van der Waals surface area contributed by atoms with Gasteiger partial charge in [0, 0.05) is 21.3 Å². The number of rotatable bonds is 8. The molecule has 0 aliphatic rings. The monoisotopic (exact) mass is 545 g/mol. The number of fused-ring (bicyclic) bond motifs is 1. The Kier molecular flexibility index (Phi) is 6.69. The van der Waals surface area contributed by atoms with Crippen LogP contribution in [-0.2, 0) is 0 Å². The topological polar surface area (TPSA) is 99.9 Å². The molecular formula is C22H20IN5O4. The second-order valence-corrected chi connectivity index (χ2v) is 7.89. The van der Waals surface area contributed by atoms with E-state index >= 15 is 0 Å². The highest BCUT2D eigenvalue weighted by Crippen LogP contribution is 2.32. The van der Waals surface area contributed by atoms with Gasteiger partial charge in [-0.05, 0) is 65.1 Å². The Balaban J connectivity index is 1.45. The lowest BCUT2D eigenvalue weighted by molar-refractivity contribution is 0.0946. The highest BCUT2D eigenvalue weighted by atomic mass is 127. The minimum atomic E-state index is -0.152. The minimum Gasteiger partial charge on any atom is -0.497 e. The van der Waals surface area contributed by atoms with Crippen molar-refractivity contribution in [2.75, 3.05) is 27.4 Å². The van der Waals surface area contributed by atoms with Crippen molar-refractivity contribution in [3.05, 3.63) is 63.7 Å². The number of hydrogen-bond donors (Lipinski definition) is 1. The first kappa shape index (κ1) is 21.8. The summed E-state index contributed by atoms with van der Waals surface area (Å²) in [4.78, 5) is 12.2. The molecule has 10 heteroatoms. The Hall–Kier alpha value is -3.41. The number of methoxy groups -OCH3 is 2. The fraction of sp³-hybridized carbons (Fsp3) is 0.182. The highest BCUT2D eigenvalue weighted by Gasteiger charge is 2.16. The van der Waals surface area contributed by atoms with Crippen molar-refractivity contribution in [2.24, 2.45) is 0 Å². The van der Waals surface area contributed by atoms with Gasteiger partial charge in [0.15, 0.2) is 11.5 Å². The maximum absolute atomic E-state index is 12.2. The molecule has 0 atom stereocenters. The van der Waals surface area contributed by atoms with E-state index in [2.05, 4.69) is 43.2 Å². The molecule has 0 saturated carbocycles. The highest BCUT2D eigenvalue weighted by molar-refractivity contribution is 14.1. The molecule has 2 aromatic heterocycles. The molecule has 32 heavy (non-hydrogen) atoms. The van der Waals surface area contributed by atoms with Gasteiger partial charge in [-0.15, -0.1) is 15.3 Å². The molecular weight excluding hydrogens is 525 g/mol. The van der Waals surface area contributed by atoms with E-state index in [-0.39, 0.29) is 12.5 Å². The van der Waals surface area contributed by atoms with Gasteiger partial charge >= 0.3 is 0 Å². The third-order valence-electron chi connectivity index (χ3n) is 4.63. The molecule has 1 N–H and O–H groups in total. The Morgan fingerprint density at radius 3 is 2.59 bits per heavy atom. The molecule has 0 bridgehead atoms. The Bertz CT molecular complexity index is 1240. The summed E-state index contributed by atoms with van der Waals surface area (Å²) in [6, 6.07) is 16.2. The van der Waals surface area contributed by atoms with Gasteiger partial charge in [0.05, 0.1) is 26.3 Å². The molecule has 4 aromatic rings. The van der Waals surface area contributed by atoms with Crippen molar-refractivity contribution in [3.63, 3.8) is 0 Å². The molecule has 2 aromatic carbocycles. The zero-order valence-corrected chi connectivity index (χ0v) is 19.6. The van der Waals surface area contributed by atoms with Crippen LogP contribution in [0.1, 0.15) is 10.4 Å². The predicted molar refractivity (Wildman–Crippen MR) is 126 cm³/mol. The van der Waals surface area contributed by atoms with Crippen LogP contribution in [0, 0.1) is 3.57 Å². The average Bonchev–Trinajstić information content (AvgIpc) is 3.24. The number of carbonyl (C=O) groups excluding carboxylic acids is 1. The fourth-order valence-corrected chi connectivity index (χ4v) is 3.38. The smallest absolute Gasteiger partial charge is 0.251 e. The van der Waals surface area contributed by atoms with Crippen molar-refractivity contribution in [2.45, 2.75) is 0 Å². The van der Waals surface area contributed by atoms with E-state index in [4.69, 9.17) is 14.2 Å². The molecule has 1 amide bonds. The summed E-state index contributed by atoms with van der Waals surface area (Å²) in [7, 11) is 3.17. The number of nitrogens with one attached hydrogen (secondary N) is 1. The third kappa shape index (κ3) is 4.74. The molecule has 4 rings (SSSR count). The number of benzene rings is 2. The van der Waals surface area contributed by atoms with E-state index in [1.807, 2.05) is 24.3 Å². The van der Waals surface area contributed by atoms with Gasteiger partial charge in [-0.2, -0.15) is 4.52 Å². The van der Waals surface area contributed by atoms with Gasteiger partial charge in [-0.1, -0.05) is 0 Å². The maximum Gasteiger partial charge on any atom is 0.251 e. The lowest BCUT2D eigenvalue weighted by Gasteiger charge is -2.10. The van der Waals surface area contributed by atoms with E-state index < -0.39 is 0 Å². The summed E-state index contributed by atoms with van der Waals surface area (Å²) >= 11 is 2.20. The summed E-state index contributed by atoms with van der Waals surface area (Å²) in [6.07, 6.45) is 0. The third-order valence-corrected chi connectivity index (χ3v) is 5.35. The number of hydrogen-bond acceptors (Lipinski definition) is 7. The molecule has 0 aliphatic carbocycles. The zero-order valence-electron chi connectivity index (χ0n) is 17.4. The molecule has 0 unspecified atom stereocenters. The SMILES string of the molecule is COc1ccc(-c2nnc3ccc(OCCNC(=O)c4ccc(I)cc4)nn23)c(OC)c1. The predicted octanol–water partition coefficient (Wildman–Crippen LogP) is 3.22. The molecule has 9 nitrogen and oxygen atoms in total. The van der Waals surface area contributed by atoms with E-state index in [1.54, 1.807) is 49.1 Å². The van der Waals surface area contributed by atoms with Gasteiger partial charge < -0.3 is 19.5 Å². The van der Waals surface area contributed by atoms with Crippen LogP contribution in [0.5, 0.6) is 17.4 Å². The molecule has 0 saturated heterocycles. The zero-order chi connectivity index (χ0) is 22.5. The van der Waals surface area contributed by atoms with Crippen LogP contribution in [0.2, 0.25) is 0 Å². The largest absolute Gasteiger partial charge is 0.497 e. The second kappa shape index (κ2) is 9.81. The van der Waals surface area contributed by atoms with Gasteiger partial charge in [0.1, 0.15) is 18.1 Å². The van der Waals surface area contributed by atoms with Crippen molar-refractivity contribution in [1.82, 2.24) is 25.1 Å². The lowest BCUT2D eigenvalue weighted by Crippen LogP contribution is -2.28. The number of halogens is 1. The number of aromatic nitrogens is 4. The number of ether oxygens (including phenoxy) is 3. The summed E-state index contributed by atoms with van der Waals surface area (Å²) in [6.45, 7) is 0.601. The van der Waals surface area contributed by atoms with Crippen LogP contribution in [-0.4, -0.2) is 53.1 Å². The van der Waals surface area contributed by atoms with Gasteiger partial charge in [0.2, 0.25) is 5.88 Å². The first-order chi connectivity index (χ1) is 15.6. The summed E-state index contributed by atoms with van der Waals surface area (Å²) < 4.78 is 19.1.